The van der Waals surface area contributed by atoms with Crippen LogP contribution in [-0.2, 0) is 12.3 Å². The largest absolute Gasteiger partial charge is 0.399 e. The van der Waals surface area contributed by atoms with Crippen molar-refractivity contribution < 1.29 is 0 Å². The van der Waals surface area contributed by atoms with Crippen LogP contribution in [0, 0.1) is 0 Å². The molecule has 0 aliphatic rings. The molecule has 0 radical (unpaired) electrons. The highest BCUT2D eigenvalue weighted by atomic mass is 35.5. The van der Waals surface area contributed by atoms with Crippen LogP contribution in [-0.4, -0.2) is 9.55 Å². The number of rotatable bonds is 4. The summed E-state index contributed by atoms with van der Waals surface area (Å²) < 4.78 is 2.12. The number of imidazole rings is 1. The lowest BCUT2D eigenvalue weighted by Crippen LogP contribution is -1.97. The quantitative estimate of drug-likeness (QED) is 0.682. The SMILES string of the molecule is CCn1cncc1CSc1ccc(N)cc1Cl. The molecule has 0 saturated heterocycles. The van der Waals surface area contributed by atoms with Gasteiger partial charge >= 0.3 is 0 Å². The predicted molar refractivity (Wildman–Crippen MR) is 73.3 cm³/mol. The van der Waals surface area contributed by atoms with E-state index in [9.17, 15) is 0 Å². The number of halogens is 1. The molecular formula is C12H14ClN3S. The van der Waals surface area contributed by atoms with Crippen molar-refractivity contribution in [3.63, 3.8) is 0 Å². The van der Waals surface area contributed by atoms with Crippen LogP contribution in [0.25, 0.3) is 0 Å². The molecule has 0 amide bonds. The van der Waals surface area contributed by atoms with E-state index in [1.807, 2.05) is 24.7 Å². The molecule has 0 spiro atoms. The van der Waals surface area contributed by atoms with E-state index < -0.39 is 0 Å². The van der Waals surface area contributed by atoms with Crippen LogP contribution in [0.5, 0.6) is 0 Å². The fraction of sp³-hybridized carbons (Fsp3) is 0.250. The number of hydrogen-bond donors (Lipinski definition) is 1. The lowest BCUT2D eigenvalue weighted by atomic mass is 10.3. The average Bonchev–Trinajstić information content (AvgIpc) is 2.75. The number of hydrogen-bond acceptors (Lipinski definition) is 3. The molecule has 90 valence electrons. The number of benzene rings is 1. The van der Waals surface area contributed by atoms with Gasteiger partial charge in [0.2, 0.25) is 0 Å². The highest BCUT2D eigenvalue weighted by molar-refractivity contribution is 7.98. The minimum Gasteiger partial charge on any atom is -0.399 e. The molecule has 2 aromatic rings. The highest BCUT2D eigenvalue weighted by Gasteiger charge is 2.05. The van der Waals surface area contributed by atoms with Crippen molar-refractivity contribution in [2.45, 2.75) is 24.1 Å². The zero-order chi connectivity index (χ0) is 12.3. The summed E-state index contributed by atoms with van der Waals surface area (Å²) in [4.78, 5) is 5.18. The summed E-state index contributed by atoms with van der Waals surface area (Å²) in [6.07, 6.45) is 3.74. The molecule has 0 atom stereocenters. The summed E-state index contributed by atoms with van der Waals surface area (Å²) in [5, 5.41) is 0.706. The normalized spacial score (nSPS) is 10.7. The second kappa shape index (κ2) is 5.47. The summed E-state index contributed by atoms with van der Waals surface area (Å²) in [7, 11) is 0. The van der Waals surface area contributed by atoms with Crippen LogP contribution >= 0.6 is 23.4 Å². The van der Waals surface area contributed by atoms with Crippen molar-refractivity contribution in [2.75, 3.05) is 5.73 Å². The highest BCUT2D eigenvalue weighted by Crippen LogP contribution is 2.31. The van der Waals surface area contributed by atoms with E-state index in [1.54, 1.807) is 17.8 Å². The molecule has 0 saturated carbocycles. The first kappa shape index (κ1) is 12.3. The van der Waals surface area contributed by atoms with E-state index >= 15 is 0 Å². The Labute approximate surface area is 110 Å². The van der Waals surface area contributed by atoms with Gasteiger partial charge in [-0.25, -0.2) is 4.98 Å². The Morgan fingerprint density at radius 3 is 3.00 bits per heavy atom. The van der Waals surface area contributed by atoms with Crippen molar-refractivity contribution >= 4 is 29.1 Å². The lowest BCUT2D eigenvalue weighted by molar-refractivity contribution is 0.734. The number of aryl methyl sites for hydroxylation is 1. The second-order valence-electron chi connectivity index (χ2n) is 3.65. The average molecular weight is 268 g/mol. The Balaban J connectivity index is 2.07. The lowest BCUT2D eigenvalue weighted by Gasteiger charge is -2.06. The molecule has 2 rings (SSSR count). The second-order valence-corrected chi connectivity index (χ2v) is 5.07. The maximum atomic E-state index is 6.12. The van der Waals surface area contributed by atoms with Gasteiger partial charge in [0.1, 0.15) is 0 Å². The topological polar surface area (TPSA) is 43.8 Å². The summed E-state index contributed by atoms with van der Waals surface area (Å²) in [5.74, 6) is 0.859. The van der Waals surface area contributed by atoms with E-state index in [2.05, 4.69) is 16.5 Å². The van der Waals surface area contributed by atoms with Gasteiger partial charge in [-0.3, -0.25) is 0 Å². The molecule has 0 aliphatic heterocycles. The zero-order valence-electron chi connectivity index (χ0n) is 9.56. The van der Waals surface area contributed by atoms with Gasteiger partial charge < -0.3 is 10.3 Å². The monoisotopic (exact) mass is 267 g/mol. The Bertz CT molecular complexity index is 510. The number of nitrogen functional groups attached to an aromatic ring is 1. The molecule has 1 heterocycles. The van der Waals surface area contributed by atoms with E-state index in [0.29, 0.717) is 10.7 Å². The van der Waals surface area contributed by atoms with Crippen LogP contribution in [0.3, 0.4) is 0 Å². The number of aromatic nitrogens is 2. The molecule has 3 nitrogen and oxygen atoms in total. The third kappa shape index (κ3) is 2.96. The van der Waals surface area contributed by atoms with Crippen LogP contribution in [0.1, 0.15) is 12.6 Å². The van der Waals surface area contributed by atoms with E-state index in [4.69, 9.17) is 17.3 Å². The first-order valence-electron chi connectivity index (χ1n) is 5.37. The van der Waals surface area contributed by atoms with Crippen molar-refractivity contribution in [1.29, 1.82) is 0 Å². The number of anilines is 1. The summed E-state index contributed by atoms with van der Waals surface area (Å²) in [5.41, 5.74) is 7.55. The van der Waals surface area contributed by atoms with Gasteiger partial charge in [0, 0.05) is 34.8 Å². The molecule has 17 heavy (non-hydrogen) atoms. The third-order valence-corrected chi connectivity index (χ3v) is 4.00. The van der Waals surface area contributed by atoms with Gasteiger partial charge in [0.05, 0.1) is 11.3 Å². The van der Waals surface area contributed by atoms with Gasteiger partial charge in [-0.15, -0.1) is 11.8 Å². The van der Waals surface area contributed by atoms with Crippen LogP contribution in [0.15, 0.2) is 35.6 Å². The van der Waals surface area contributed by atoms with Crippen LogP contribution in [0.4, 0.5) is 5.69 Å². The zero-order valence-corrected chi connectivity index (χ0v) is 11.1. The Morgan fingerprint density at radius 2 is 2.29 bits per heavy atom. The summed E-state index contributed by atoms with van der Waals surface area (Å²) >= 11 is 7.81. The fourth-order valence-corrected chi connectivity index (χ4v) is 2.80. The Morgan fingerprint density at radius 1 is 1.47 bits per heavy atom. The maximum absolute atomic E-state index is 6.12. The molecule has 1 aromatic carbocycles. The molecular weight excluding hydrogens is 254 g/mol. The first-order chi connectivity index (χ1) is 8.20. The molecule has 0 bridgehead atoms. The van der Waals surface area contributed by atoms with Crippen molar-refractivity contribution in [2.24, 2.45) is 0 Å². The third-order valence-electron chi connectivity index (χ3n) is 2.47. The van der Waals surface area contributed by atoms with Gasteiger partial charge in [-0.05, 0) is 25.1 Å². The van der Waals surface area contributed by atoms with Crippen LogP contribution < -0.4 is 5.73 Å². The molecule has 0 aliphatic carbocycles. The Kier molecular flexibility index (Phi) is 3.97. The molecule has 0 fully saturated rings. The maximum Gasteiger partial charge on any atom is 0.0948 e. The predicted octanol–water partition coefficient (Wildman–Crippen LogP) is 3.43. The standard InChI is InChI=1S/C12H14ClN3S/c1-2-16-8-15-6-10(16)7-17-12-4-3-9(14)5-11(12)13/h3-6,8H,2,7,14H2,1H3. The Hall–Kier alpha value is -1.13. The van der Waals surface area contributed by atoms with E-state index in [1.165, 1.54) is 5.69 Å². The summed E-state index contributed by atoms with van der Waals surface area (Å²) in [6, 6.07) is 5.60. The minimum absolute atomic E-state index is 0.693. The summed E-state index contributed by atoms with van der Waals surface area (Å²) in [6.45, 7) is 3.04. The number of thioether (sulfide) groups is 1. The van der Waals surface area contributed by atoms with Crippen LogP contribution in [0.2, 0.25) is 5.02 Å². The van der Waals surface area contributed by atoms with Gasteiger partial charge in [-0.1, -0.05) is 11.6 Å². The van der Waals surface area contributed by atoms with E-state index in [-0.39, 0.29) is 0 Å². The number of nitrogens with two attached hydrogens (primary N) is 1. The smallest absolute Gasteiger partial charge is 0.0948 e. The fourth-order valence-electron chi connectivity index (χ4n) is 1.54. The van der Waals surface area contributed by atoms with Gasteiger partial charge in [-0.2, -0.15) is 0 Å². The number of nitrogens with zero attached hydrogens (tertiary/aromatic N) is 2. The van der Waals surface area contributed by atoms with Crippen molar-refractivity contribution in [1.82, 2.24) is 9.55 Å². The minimum atomic E-state index is 0.693. The first-order valence-corrected chi connectivity index (χ1v) is 6.74. The van der Waals surface area contributed by atoms with Gasteiger partial charge in [0.15, 0.2) is 0 Å². The molecule has 1 aromatic heterocycles. The van der Waals surface area contributed by atoms with Gasteiger partial charge in [0.25, 0.3) is 0 Å². The van der Waals surface area contributed by atoms with Crippen molar-refractivity contribution in [3.8, 4) is 0 Å². The van der Waals surface area contributed by atoms with Crippen molar-refractivity contribution in [3.05, 3.63) is 41.4 Å². The molecule has 2 N–H and O–H groups in total. The molecule has 0 unspecified atom stereocenters. The molecule has 5 heteroatoms. The van der Waals surface area contributed by atoms with E-state index in [0.717, 1.165) is 17.2 Å².